The standard InChI is InChI=1S/C28H36N2O5/c1-5-18(3)15-25(27(33)30(6-2)19(4)16-26(31)32)29-28(34)35-17-24-22-13-9-7-11-20(22)21-12-8-10-14-23(21)24/h7-14,18-19,24-25H,5-6,15-17H2,1-4H3,(H,29,34)(H,31,32). The molecule has 7 nitrogen and oxygen atoms in total. The molecule has 0 saturated carbocycles. The summed E-state index contributed by atoms with van der Waals surface area (Å²) in [6, 6.07) is 15.0. The number of carbonyl (C=O) groups excluding carboxylic acids is 2. The van der Waals surface area contributed by atoms with E-state index in [1.165, 1.54) is 4.90 Å². The number of carboxylic acid groups (broad SMARTS) is 1. The van der Waals surface area contributed by atoms with Crippen LogP contribution in [0, 0.1) is 5.92 Å². The van der Waals surface area contributed by atoms with Gasteiger partial charge in [0, 0.05) is 18.5 Å². The summed E-state index contributed by atoms with van der Waals surface area (Å²) in [7, 11) is 0. The Morgan fingerprint density at radius 3 is 2.09 bits per heavy atom. The van der Waals surface area contributed by atoms with Crippen LogP contribution in [0.25, 0.3) is 11.1 Å². The van der Waals surface area contributed by atoms with Gasteiger partial charge in [0.15, 0.2) is 0 Å². The van der Waals surface area contributed by atoms with Crippen LogP contribution in [0.4, 0.5) is 4.79 Å². The van der Waals surface area contributed by atoms with Crippen molar-refractivity contribution in [3.8, 4) is 11.1 Å². The number of hydrogen-bond donors (Lipinski definition) is 2. The van der Waals surface area contributed by atoms with Crippen molar-refractivity contribution >= 4 is 18.0 Å². The third kappa shape index (κ3) is 6.21. The van der Waals surface area contributed by atoms with Gasteiger partial charge in [-0.25, -0.2) is 4.79 Å². The summed E-state index contributed by atoms with van der Waals surface area (Å²) in [5.41, 5.74) is 4.53. The van der Waals surface area contributed by atoms with E-state index in [2.05, 4.69) is 29.6 Å². The molecule has 7 heteroatoms. The monoisotopic (exact) mass is 480 g/mol. The zero-order valence-corrected chi connectivity index (χ0v) is 21.0. The van der Waals surface area contributed by atoms with Gasteiger partial charge in [0.2, 0.25) is 5.91 Å². The zero-order valence-electron chi connectivity index (χ0n) is 21.0. The summed E-state index contributed by atoms with van der Waals surface area (Å²) in [6.45, 7) is 8.10. The molecule has 1 aliphatic carbocycles. The van der Waals surface area contributed by atoms with Gasteiger partial charge in [-0.3, -0.25) is 9.59 Å². The smallest absolute Gasteiger partial charge is 0.407 e. The van der Waals surface area contributed by atoms with Crippen LogP contribution in [-0.4, -0.2) is 53.2 Å². The first-order valence-electron chi connectivity index (χ1n) is 12.4. The Balaban J connectivity index is 1.71. The Hall–Kier alpha value is -3.35. The quantitative estimate of drug-likeness (QED) is 0.470. The molecule has 0 spiro atoms. The third-order valence-electron chi connectivity index (χ3n) is 6.89. The molecular formula is C28H36N2O5. The minimum atomic E-state index is -0.966. The minimum absolute atomic E-state index is 0.0698. The summed E-state index contributed by atoms with van der Waals surface area (Å²) < 4.78 is 5.66. The SMILES string of the molecule is CCC(C)CC(NC(=O)OCC1c2ccccc2-c2ccccc21)C(=O)N(CC)C(C)CC(=O)O. The highest BCUT2D eigenvalue weighted by atomic mass is 16.5. The van der Waals surface area contributed by atoms with Gasteiger partial charge in [0.1, 0.15) is 12.6 Å². The van der Waals surface area contributed by atoms with Gasteiger partial charge >= 0.3 is 12.1 Å². The van der Waals surface area contributed by atoms with Crippen LogP contribution in [0.3, 0.4) is 0 Å². The molecule has 2 N–H and O–H groups in total. The second-order valence-electron chi connectivity index (χ2n) is 9.34. The average molecular weight is 481 g/mol. The average Bonchev–Trinajstić information content (AvgIpc) is 3.15. The predicted octanol–water partition coefficient (Wildman–Crippen LogP) is 5.04. The Morgan fingerprint density at radius 1 is 1.00 bits per heavy atom. The molecule has 0 aromatic heterocycles. The molecule has 3 atom stereocenters. The molecule has 1 aliphatic rings. The molecular weight excluding hydrogens is 444 g/mol. The number of fused-ring (bicyclic) bond motifs is 3. The lowest BCUT2D eigenvalue weighted by molar-refractivity contribution is -0.141. The first-order valence-corrected chi connectivity index (χ1v) is 12.4. The molecule has 0 saturated heterocycles. The first kappa shape index (κ1) is 26.3. The van der Waals surface area contributed by atoms with Gasteiger partial charge in [-0.05, 0) is 48.4 Å². The summed E-state index contributed by atoms with van der Waals surface area (Å²) in [5, 5.41) is 11.9. The lowest BCUT2D eigenvalue weighted by atomic mass is 9.97. The van der Waals surface area contributed by atoms with Crippen LogP contribution >= 0.6 is 0 Å². The van der Waals surface area contributed by atoms with Crippen LogP contribution in [0.5, 0.6) is 0 Å². The van der Waals surface area contributed by atoms with Gasteiger partial charge < -0.3 is 20.1 Å². The van der Waals surface area contributed by atoms with E-state index in [9.17, 15) is 14.4 Å². The van der Waals surface area contributed by atoms with Gasteiger partial charge in [-0.1, -0.05) is 68.8 Å². The van der Waals surface area contributed by atoms with Crippen LogP contribution in [0.2, 0.25) is 0 Å². The van der Waals surface area contributed by atoms with E-state index in [0.717, 1.165) is 28.7 Å². The fourth-order valence-electron chi connectivity index (χ4n) is 4.82. The molecule has 35 heavy (non-hydrogen) atoms. The minimum Gasteiger partial charge on any atom is -0.481 e. The molecule has 0 heterocycles. The lowest BCUT2D eigenvalue weighted by Gasteiger charge is -2.32. The highest BCUT2D eigenvalue weighted by molar-refractivity contribution is 5.86. The number of likely N-dealkylation sites (N-methyl/N-ethyl adjacent to an activating group) is 1. The highest BCUT2D eigenvalue weighted by Gasteiger charge is 2.32. The maximum atomic E-state index is 13.3. The van der Waals surface area contributed by atoms with Crippen molar-refractivity contribution < 1.29 is 24.2 Å². The topological polar surface area (TPSA) is 95.9 Å². The van der Waals surface area contributed by atoms with Crippen LogP contribution < -0.4 is 5.32 Å². The number of ether oxygens (including phenoxy) is 1. The Morgan fingerprint density at radius 2 is 1.57 bits per heavy atom. The summed E-state index contributed by atoms with van der Waals surface area (Å²) in [6.07, 6.45) is 0.513. The van der Waals surface area contributed by atoms with E-state index in [-0.39, 0.29) is 30.8 Å². The van der Waals surface area contributed by atoms with E-state index in [1.807, 2.05) is 45.0 Å². The number of rotatable bonds is 11. The van der Waals surface area contributed by atoms with Gasteiger partial charge in [-0.15, -0.1) is 0 Å². The maximum absolute atomic E-state index is 13.3. The Labute approximate surface area is 207 Å². The lowest BCUT2D eigenvalue weighted by Crippen LogP contribution is -2.52. The number of carbonyl (C=O) groups is 3. The summed E-state index contributed by atoms with van der Waals surface area (Å²) >= 11 is 0. The van der Waals surface area contributed by atoms with Crippen molar-refractivity contribution in [1.82, 2.24) is 10.2 Å². The number of alkyl carbamates (subject to hydrolysis) is 1. The highest BCUT2D eigenvalue weighted by Crippen LogP contribution is 2.44. The van der Waals surface area contributed by atoms with Gasteiger partial charge in [-0.2, -0.15) is 0 Å². The molecule has 0 fully saturated rings. The molecule has 2 amide bonds. The van der Waals surface area contributed by atoms with Crippen molar-refractivity contribution in [2.45, 2.75) is 65.0 Å². The molecule has 0 radical (unpaired) electrons. The van der Waals surface area contributed by atoms with Crippen LogP contribution in [0.1, 0.15) is 64.0 Å². The first-order chi connectivity index (χ1) is 16.8. The maximum Gasteiger partial charge on any atom is 0.407 e. The van der Waals surface area contributed by atoms with E-state index in [0.29, 0.717) is 13.0 Å². The molecule has 3 rings (SSSR count). The molecule has 3 unspecified atom stereocenters. The third-order valence-corrected chi connectivity index (χ3v) is 6.89. The van der Waals surface area contributed by atoms with Crippen molar-refractivity contribution in [2.24, 2.45) is 5.92 Å². The second-order valence-corrected chi connectivity index (χ2v) is 9.34. The Bertz CT molecular complexity index is 1010. The van der Waals surface area contributed by atoms with Crippen molar-refractivity contribution in [1.29, 1.82) is 0 Å². The predicted molar refractivity (Wildman–Crippen MR) is 135 cm³/mol. The van der Waals surface area contributed by atoms with E-state index >= 15 is 0 Å². The van der Waals surface area contributed by atoms with Gasteiger partial charge in [0.25, 0.3) is 0 Å². The molecule has 2 aromatic rings. The van der Waals surface area contributed by atoms with E-state index in [4.69, 9.17) is 9.84 Å². The summed E-state index contributed by atoms with van der Waals surface area (Å²) in [4.78, 5) is 38.9. The van der Waals surface area contributed by atoms with Gasteiger partial charge in [0.05, 0.1) is 6.42 Å². The van der Waals surface area contributed by atoms with E-state index in [1.54, 1.807) is 6.92 Å². The second kappa shape index (κ2) is 11.9. The van der Waals surface area contributed by atoms with E-state index < -0.39 is 24.1 Å². The number of nitrogens with zero attached hydrogens (tertiary/aromatic N) is 1. The van der Waals surface area contributed by atoms with Crippen molar-refractivity contribution in [3.63, 3.8) is 0 Å². The zero-order chi connectivity index (χ0) is 25.5. The molecule has 2 aromatic carbocycles. The van der Waals surface area contributed by atoms with Crippen molar-refractivity contribution in [2.75, 3.05) is 13.2 Å². The number of hydrogen-bond acceptors (Lipinski definition) is 4. The molecule has 0 bridgehead atoms. The molecule has 188 valence electrons. The number of aliphatic carboxylic acids is 1. The fourth-order valence-corrected chi connectivity index (χ4v) is 4.82. The molecule has 0 aliphatic heterocycles. The number of nitrogens with one attached hydrogen (secondary N) is 1. The van der Waals surface area contributed by atoms with Crippen LogP contribution in [0.15, 0.2) is 48.5 Å². The normalized spacial score (nSPS) is 14.9. The fraction of sp³-hybridized carbons (Fsp3) is 0.464. The summed E-state index contributed by atoms with van der Waals surface area (Å²) in [5.74, 6) is -1.12. The van der Waals surface area contributed by atoms with Crippen LogP contribution in [-0.2, 0) is 14.3 Å². The largest absolute Gasteiger partial charge is 0.481 e. The number of benzene rings is 2. The number of carboxylic acids is 1. The Kier molecular flexibility index (Phi) is 8.90. The number of amides is 2. The van der Waals surface area contributed by atoms with Crippen molar-refractivity contribution in [3.05, 3.63) is 59.7 Å².